The molecule has 0 radical (unpaired) electrons. The molecular weight excluding hydrogens is 358 g/mol. The van der Waals surface area contributed by atoms with Gasteiger partial charge in [-0.2, -0.15) is 0 Å². The first-order chi connectivity index (χ1) is 13.6. The third kappa shape index (κ3) is 5.17. The number of para-hydroxylation sites is 1. The highest BCUT2D eigenvalue weighted by Gasteiger charge is 2.22. The molecule has 1 aliphatic heterocycles. The molecule has 0 aromatic heterocycles. The molecule has 146 valence electrons. The van der Waals surface area contributed by atoms with Gasteiger partial charge in [0.25, 0.3) is 5.91 Å². The van der Waals surface area contributed by atoms with Gasteiger partial charge < -0.3 is 20.3 Å². The molecule has 0 spiro atoms. The maximum Gasteiger partial charge on any atom is 0.313 e. The first kappa shape index (κ1) is 19.6. The van der Waals surface area contributed by atoms with E-state index < -0.39 is 11.8 Å². The highest BCUT2D eigenvalue weighted by atomic mass is 16.5. The fourth-order valence-electron chi connectivity index (χ4n) is 2.94. The lowest BCUT2D eigenvalue weighted by molar-refractivity contribution is -0.136. The van der Waals surface area contributed by atoms with E-state index in [1.807, 2.05) is 30.3 Å². The van der Waals surface area contributed by atoms with Gasteiger partial charge in [0.05, 0.1) is 24.5 Å². The van der Waals surface area contributed by atoms with Gasteiger partial charge in [-0.25, -0.2) is 0 Å². The highest BCUT2D eigenvalue weighted by molar-refractivity contribution is 6.40. The van der Waals surface area contributed by atoms with E-state index in [2.05, 4.69) is 10.6 Å². The van der Waals surface area contributed by atoms with Crippen molar-refractivity contribution in [2.75, 3.05) is 38.2 Å². The number of morpholine rings is 1. The van der Waals surface area contributed by atoms with Crippen molar-refractivity contribution in [1.29, 1.82) is 0 Å². The van der Waals surface area contributed by atoms with Crippen molar-refractivity contribution in [2.45, 2.75) is 6.42 Å². The van der Waals surface area contributed by atoms with E-state index in [-0.39, 0.29) is 5.91 Å². The van der Waals surface area contributed by atoms with Crippen LogP contribution in [0.15, 0.2) is 54.6 Å². The number of benzene rings is 2. The van der Waals surface area contributed by atoms with Crippen LogP contribution in [0.5, 0.6) is 0 Å². The number of carbonyl (C=O) groups excluding carboxylic acids is 3. The average Bonchev–Trinajstić information content (AvgIpc) is 2.75. The van der Waals surface area contributed by atoms with Crippen LogP contribution in [0.2, 0.25) is 0 Å². The van der Waals surface area contributed by atoms with Crippen molar-refractivity contribution in [1.82, 2.24) is 10.2 Å². The van der Waals surface area contributed by atoms with E-state index in [1.165, 1.54) is 0 Å². The molecule has 7 heteroatoms. The van der Waals surface area contributed by atoms with Crippen LogP contribution in [0.25, 0.3) is 0 Å². The SMILES string of the molecule is O=C(NCCc1ccccc1)C(=O)Nc1ccccc1C(=O)N1CCOCC1. The third-order valence-electron chi connectivity index (χ3n) is 4.45. The number of ether oxygens (including phenoxy) is 1. The van der Waals surface area contributed by atoms with Gasteiger partial charge in [0.2, 0.25) is 0 Å². The van der Waals surface area contributed by atoms with Crippen molar-refractivity contribution < 1.29 is 19.1 Å². The number of rotatable bonds is 5. The van der Waals surface area contributed by atoms with E-state index in [1.54, 1.807) is 29.2 Å². The van der Waals surface area contributed by atoms with E-state index >= 15 is 0 Å². The quantitative estimate of drug-likeness (QED) is 0.768. The summed E-state index contributed by atoms with van der Waals surface area (Å²) < 4.78 is 5.26. The molecule has 1 aliphatic rings. The van der Waals surface area contributed by atoms with E-state index in [9.17, 15) is 14.4 Å². The van der Waals surface area contributed by atoms with Gasteiger partial charge in [-0.1, -0.05) is 42.5 Å². The van der Waals surface area contributed by atoms with Gasteiger partial charge in [0, 0.05) is 19.6 Å². The molecule has 1 saturated heterocycles. The number of anilines is 1. The van der Waals surface area contributed by atoms with Crippen LogP contribution in [0.1, 0.15) is 15.9 Å². The normalized spacial score (nSPS) is 13.6. The van der Waals surface area contributed by atoms with Crippen LogP contribution in [-0.2, 0) is 20.7 Å². The number of carbonyl (C=O) groups is 3. The molecule has 0 bridgehead atoms. The fraction of sp³-hybridized carbons (Fsp3) is 0.286. The molecule has 3 rings (SSSR count). The Labute approximate surface area is 163 Å². The topological polar surface area (TPSA) is 87.7 Å². The minimum absolute atomic E-state index is 0.191. The number of amides is 3. The smallest absolute Gasteiger partial charge is 0.313 e. The standard InChI is InChI=1S/C21H23N3O4/c25-19(22-11-10-16-6-2-1-3-7-16)20(26)23-18-9-5-4-8-17(18)21(27)24-12-14-28-15-13-24/h1-9H,10-15H2,(H,22,25)(H,23,26). The van der Waals surface area contributed by atoms with Crippen LogP contribution in [0.3, 0.4) is 0 Å². The summed E-state index contributed by atoms with van der Waals surface area (Å²) in [6, 6.07) is 16.4. The lowest BCUT2D eigenvalue weighted by Crippen LogP contribution is -2.41. The first-order valence-electron chi connectivity index (χ1n) is 9.24. The molecule has 7 nitrogen and oxygen atoms in total. The second kappa shape index (κ2) is 9.66. The largest absolute Gasteiger partial charge is 0.378 e. The molecule has 28 heavy (non-hydrogen) atoms. The van der Waals surface area contributed by atoms with Gasteiger partial charge in [-0.3, -0.25) is 14.4 Å². The zero-order chi connectivity index (χ0) is 19.8. The first-order valence-corrected chi connectivity index (χ1v) is 9.24. The maximum absolute atomic E-state index is 12.7. The summed E-state index contributed by atoms with van der Waals surface area (Å²) in [5.41, 5.74) is 1.75. The highest BCUT2D eigenvalue weighted by Crippen LogP contribution is 2.18. The minimum Gasteiger partial charge on any atom is -0.378 e. The average molecular weight is 381 g/mol. The fourth-order valence-corrected chi connectivity index (χ4v) is 2.94. The van der Waals surface area contributed by atoms with Gasteiger partial charge >= 0.3 is 11.8 Å². The summed E-state index contributed by atoms with van der Waals surface area (Å²) in [5.74, 6) is -1.72. The number of hydrogen-bond donors (Lipinski definition) is 2. The third-order valence-corrected chi connectivity index (χ3v) is 4.45. The summed E-state index contributed by atoms with van der Waals surface area (Å²) in [6.45, 7) is 2.33. The molecule has 2 aromatic carbocycles. The molecule has 0 aliphatic carbocycles. The van der Waals surface area contributed by atoms with Crippen molar-refractivity contribution >= 4 is 23.4 Å². The maximum atomic E-state index is 12.7. The van der Waals surface area contributed by atoms with Gasteiger partial charge in [-0.05, 0) is 24.1 Å². The Morgan fingerprint density at radius 2 is 1.57 bits per heavy atom. The number of hydrogen-bond acceptors (Lipinski definition) is 4. The number of nitrogens with one attached hydrogen (secondary N) is 2. The van der Waals surface area contributed by atoms with Crippen LogP contribution < -0.4 is 10.6 Å². The molecule has 3 amide bonds. The van der Waals surface area contributed by atoms with Crippen LogP contribution >= 0.6 is 0 Å². The molecular formula is C21H23N3O4. The Kier molecular flexibility index (Phi) is 6.75. The van der Waals surface area contributed by atoms with Crippen molar-refractivity contribution in [3.8, 4) is 0 Å². The minimum atomic E-state index is -0.796. The van der Waals surface area contributed by atoms with Crippen molar-refractivity contribution in [2.24, 2.45) is 0 Å². The summed E-state index contributed by atoms with van der Waals surface area (Å²) in [4.78, 5) is 38.7. The van der Waals surface area contributed by atoms with Gasteiger partial charge in [0.1, 0.15) is 0 Å². The molecule has 1 heterocycles. The second-order valence-corrected chi connectivity index (χ2v) is 6.40. The summed E-state index contributed by atoms with van der Waals surface area (Å²) >= 11 is 0. The molecule has 1 fully saturated rings. The second-order valence-electron chi connectivity index (χ2n) is 6.40. The summed E-state index contributed by atoms with van der Waals surface area (Å²) in [7, 11) is 0. The summed E-state index contributed by atoms with van der Waals surface area (Å²) in [6.07, 6.45) is 0.631. The number of nitrogens with zero attached hydrogens (tertiary/aromatic N) is 1. The Morgan fingerprint density at radius 3 is 2.32 bits per heavy atom. The lowest BCUT2D eigenvalue weighted by atomic mass is 10.1. The molecule has 2 N–H and O–H groups in total. The van der Waals surface area contributed by atoms with Crippen LogP contribution in [-0.4, -0.2) is 55.5 Å². The zero-order valence-corrected chi connectivity index (χ0v) is 15.5. The Hall–Kier alpha value is -3.19. The molecule has 0 saturated carbocycles. The van der Waals surface area contributed by atoms with E-state index in [0.29, 0.717) is 50.5 Å². The Balaban J connectivity index is 1.57. The Bertz CT molecular complexity index is 833. The zero-order valence-electron chi connectivity index (χ0n) is 15.5. The predicted octanol–water partition coefficient (Wildman–Crippen LogP) is 1.46. The lowest BCUT2D eigenvalue weighted by Gasteiger charge is -2.27. The predicted molar refractivity (Wildman–Crippen MR) is 105 cm³/mol. The molecule has 2 aromatic rings. The molecule has 0 atom stereocenters. The van der Waals surface area contributed by atoms with E-state index in [4.69, 9.17) is 4.74 Å². The van der Waals surface area contributed by atoms with E-state index in [0.717, 1.165) is 5.56 Å². The monoisotopic (exact) mass is 381 g/mol. The van der Waals surface area contributed by atoms with Gasteiger partial charge in [-0.15, -0.1) is 0 Å². The Morgan fingerprint density at radius 1 is 0.893 bits per heavy atom. The van der Waals surface area contributed by atoms with Crippen LogP contribution in [0, 0.1) is 0 Å². The summed E-state index contributed by atoms with van der Waals surface area (Å²) in [5, 5.41) is 5.15. The van der Waals surface area contributed by atoms with Crippen LogP contribution in [0.4, 0.5) is 5.69 Å². The molecule has 0 unspecified atom stereocenters. The van der Waals surface area contributed by atoms with Gasteiger partial charge in [0.15, 0.2) is 0 Å². The van der Waals surface area contributed by atoms with Crippen molar-refractivity contribution in [3.05, 3.63) is 65.7 Å². The van der Waals surface area contributed by atoms with Crippen molar-refractivity contribution in [3.63, 3.8) is 0 Å².